The molecule has 6 heteroatoms. The van der Waals surface area contributed by atoms with Gasteiger partial charge >= 0.3 is 5.97 Å². The number of nitrogens with one attached hydrogen (secondary N) is 1. The number of hydrogen-bond acceptors (Lipinski definition) is 4. The van der Waals surface area contributed by atoms with Crippen molar-refractivity contribution in [3.05, 3.63) is 23.7 Å². The van der Waals surface area contributed by atoms with Crippen molar-refractivity contribution < 1.29 is 9.90 Å². The van der Waals surface area contributed by atoms with Gasteiger partial charge in [-0.25, -0.2) is 14.3 Å². The van der Waals surface area contributed by atoms with Crippen LogP contribution in [0.2, 0.25) is 0 Å². The van der Waals surface area contributed by atoms with Crippen LogP contribution in [0, 0.1) is 0 Å². The molecule has 76 valence electrons. The Balaban J connectivity index is 2.31. The monoisotopic (exact) mass is 204 g/mol. The largest absolute Gasteiger partial charge is 0.475 e. The molecule has 0 spiro atoms. The highest BCUT2D eigenvalue weighted by Crippen LogP contribution is 2.22. The van der Waals surface area contributed by atoms with Crippen molar-refractivity contribution >= 4 is 17.3 Å². The van der Waals surface area contributed by atoms with Crippen molar-refractivity contribution in [2.75, 3.05) is 11.9 Å². The van der Waals surface area contributed by atoms with Crippen molar-refractivity contribution in [1.29, 1.82) is 0 Å². The molecule has 0 radical (unpaired) electrons. The Morgan fingerprint density at radius 3 is 3.20 bits per heavy atom. The zero-order chi connectivity index (χ0) is 10.4. The van der Waals surface area contributed by atoms with Crippen LogP contribution in [0.4, 0.5) is 5.69 Å². The van der Waals surface area contributed by atoms with E-state index < -0.39 is 5.97 Å². The van der Waals surface area contributed by atoms with Gasteiger partial charge in [-0.1, -0.05) is 0 Å². The fourth-order valence-electron chi connectivity index (χ4n) is 1.81. The molecule has 2 N–H and O–H groups in total. The molecule has 1 aliphatic heterocycles. The van der Waals surface area contributed by atoms with E-state index in [4.69, 9.17) is 5.11 Å². The molecule has 0 aliphatic carbocycles. The van der Waals surface area contributed by atoms with E-state index in [0.717, 1.165) is 24.3 Å². The van der Waals surface area contributed by atoms with Crippen molar-refractivity contribution in [1.82, 2.24) is 14.6 Å². The summed E-state index contributed by atoms with van der Waals surface area (Å²) in [6.45, 7) is 0.858. The second kappa shape index (κ2) is 2.69. The summed E-state index contributed by atoms with van der Waals surface area (Å²) in [5.41, 5.74) is 2.58. The number of carboxylic acids is 1. The van der Waals surface area contributed by atoms with Crippen LogP contribution in [0.1, 0.15) is 16.3 Å². The van der Waals surface area contributed by atoms with Gasteiger partial charge in [0.15, 0.2) is 5.65 Å². The lowest BCUT2D eigenvalue weighted by atomic mass is 10.3. The zero-order valence-corrected chi connectivity index (χ0v) is 7.77. The SMILES string of the molecule is O=C(O)c1nc2ccc3c(n2n1)CCN3. The molecule has 2 aromatic rings. The lowest BCUT2D eigenvalue weighted by Crippen LogP contribution is -2.00. The summed E-state index contributed by atoms with van der Waals surface area (Å²) >= 11 is 0. The molecule has 0 atom stereocenters. The number of fused-ring (bicyclic) bond motifs is 3. The third-order valence-electron chi connectivity index (χ3n) is 2.47. The first-order valence-electron chi connectivity index (χ1n) is 4.61. The lowest BCUT2D eigenvalue weighted by molar-refractivity contribution is 0.0684. The maximum absolute atomic E-state index is 10.7. The van der Waals surface area contributed by atoms with Crippen LogP contribution in [-0.2, 0) is 6.42 Å². The van der Waals surface area contributed by atoms with Gasteiger partial charge in [0.05, 0.1) is 11.4 Å². The number of carbonyl (C=O) groups is 1. The van der Waals surface area contributed by atoms with Crippen LogP contribution >= 0.6 is 0 Å². The van der Waals surface area contributed by atoms with E-state index in [-0.39, 0.29) is 5.82 Å². The molecule has 1 aliphatic rings. The van der Waals surface area contributed by atoms with Gasteiger partial charge in [0.2, 0.25) is 0 Å². The Morgan fingerprint density at radius 1 is 1.53 bits per heavy atom. The average molecular weight is 204 g/mol. The molecule has 3 rings (SSSR count). The lowest BCUT2D eigenvalue weighted by Gasteiger charge is -1.99. The molecule has 0 saturated carbocycles. The number of anilines is 1. The number of rotatable bonds is 1. The van der Waals surface area contributed by atoms with Gasteiger partial charge in [0.1, 0.15) is 0 Å². The van der Waals surface area contributed by atoms with Crippen LogP contribution in [0.5, 0.6) is 0 Å². The van der Waals surface area contributed by atoms with Gasteiger partial charge in [-0.05, 0) is 12.1 Å². The fourth-order valence-corrected chi connectivity index (χ4v) is 1.81. The van der Waals surface area contributed by atoms with Crippen LogP contribution in [-0.4, -0.2) is 32.2 Å². The highest BCUT2D eigenvalue weighted by molar-refractivity contribution is 5.83. The number of aromatic nitrogens is 3. The Kier molecular flexibility index (Phi) is 1.47. The van der Waals surface area contributed by atoms with E-state index >= 15 is 0 Å². The van der Waals surface area contributed by atoms with Crippen molar-refractivity contribution in [2.45, 2.75) is 6.42 Å². The van der Waals surface area contributed by atoms with E-state index in [9.17, 15) is 4.79 Å². The predicted molar refractivity (Wildman–Crippen MR) is 52.1 cm³/mol. The predicted octanol–water partition coefficient (Wildman–Crippen LogP) is 0.395. The summed E-state index contributed by atoms with van der Waals surface area (Å²) < 4.78 is 1.60. The summed E-state index contributed by atoms with van der Waals surface area (Å²) in [4.78, 5) is 14.6. The third-order valence-corrected chi connectivity index (χ3v) is 2.47. The highest BCUT2D eigenvalue weighted by Gasteiger charge is 2.18. The molecular formula is C9H8N4O2. The Bertz CT molecular complexity index is 560. The van der Waals surface area contributed by atoms with Crippen LogP contribution in [0.25, 0.3) is 5.65 Å². The highest BCUT2D eigenvalue weighted by atomic mass is 16.4. The smallest absolute Gasteiger partial charge is 0.375 e. The number of carboxylic acid groups (broad SMARTS) is 1. The number of nitrogens with zero attached hydrogens (tertiary/aromatic N) is 3. The summed E-state index contributed by atoms with van der Waals surface area (Å²) in [6, 6.07) is 3.66. The molecule has 15 heavy (non-hydrogen) atoms. The first kappa shape index (κ1) is 8.22. The minimum atomic E-state index is -1.10. The molecule has 0 amide bonds. The molecule has 3 heterocycles. The molecule has 0 unspecified atom stereocenters. The van der Waals surface area contributed by atoms with Crippen LogP contribution in [0.3, 0.4) is 0 Å². The van der Waals surface area contributed by atoms with Gasteiger partial charge < -0.3 is 10.4 Å². The fraction of sp³-hybridized carbons (Fsp3) is 0.222. The topological polar surface area (TPSA) is 79.5 Å². The van der Waals surface area contributed by atoms with Gasteiger partial charge in [0.25, 0.3) is 5.82 Å². The molecular weight excluding hydrogens is 196 g/mol. The molecule has 2 aromatic heterocycles. The maximum Gasteiger partial charge on any atom is 0.375 e. The first-order chi connectivity index (χ1) is 7.25. The first-order valence-corrected chi connectivity index (χ1v) is 4.61. The molecule has 0 saturated heterocycles. The van der Waals surface area contributed by atoms with Crippen LogP contribution in [0.15, 0.2) is 12.1 Å². The number of aromatic carboxylic acids is 1. The third kappa shape index (κ3) is 1.08. The minimum absolute atomic E-state index is 0.157. The van der Waals surface area contributed by atoms with Crippen LogP contribution < -0.4 is 5.32 Å². The van der Waals surface area contributed by atoms with E-state index in [2.05, 4.69) is 15.4 Å². The van der Waals surface area contributed by atoms with Crippen molar-refractivity contribution in [2.24, 2.45) is 0 Å². The standard InChI is InChI=1S/C9H8N4O2/c14-9(15)8-11-7-2-1-5-6(3-4-10-5)13(7)12-8/h1-2,10H,3-4H2,(H,14,15). The Hall–Kier alpha value is -2.11. The average Bonchev–Trinajstić information content (AvgIpc) is 2.82. The molecule has 0 aromatic carbocycles. The summed E-state index contributed by atoms with van der Waals surface area (Å²) in [6.07, 6.45) is 0.842. The molecule has 0 bridgehead atoms. The van der Waals surface area contributed by atoms with Crippen molar-refractivity contribution in [3.63, 3.8) is 0 Å². The van der Waals surface area contributed by atoms with Gasteiger partial charge in [0, 0.05) is 13.0 Å². The Morgan fingerprint density at radius 2 is 2.40 bits per heavy atom. The minimum Gasteiger partial charge on any atom is -0.475 e. The summed E-state index contributed by atoms with van der Waals surface area (Å²) in [7, 11) is 0. The molecule has 0 fully saturated rings. The number of pyridine rings is 1. The van der Waals surface area contributed by atoms with E-state index in [1.165, 1.54) is 0 Å². The normalized spacial score (nSPS) is 13.9. The van der Waals surface area contributed by atoms with Gasteiger partial charge in [-0.15, -0.1) is 5.10 Å². The maximum atomic E-state index is 10.7. The van der Waals surface area contributed by atoms with E-state index in [1.54, 1.807) is 10.6 Å². The Labute approximate surface area is 84.6 Å². The van der Waals surface area contributed by atoms with E-state index in [0.29, 0.717) is 5.65 Å². The molecule has 6 nitrogen and oxygen atoms in total. The van der Waals surface area contributed by atoms with Gasteiger partial charge in [-0.2, -0.15) is 0 Å². The van der Waals surface area contributed by atoms with Crippen molar-refractivity contribution in [3.8, 4) is 0 Å². The second-order valence-electron chi connectivity index (χ2n) is 3.38. The zero-order valence-electron chi connectivity index (χ0n) is 7.77. The summed E-state index contributed by atoms with van der Waals surface area (Å²) in [5.74, 6) is -1.26. The van der Waals surface area contributed by atoms with Gasteiger partial charge in [-0.3, -0.25) is 0 Å². The number of hydrogen-bond donors (Lipinski definition) is 2. The summed E-state index contributed by atoms with van der Waals surface area (Å²) in [5, 5.41) is 15.9. The van der Waals surface area contributed by atoms with E-state index in [1.807, 2.05) is 6.07 Å². The second-order valence-corrected chi connectivity index (χ2v) is 3.38. The quantitative estimate of drug-likeness (QED) is 0.702.